The van der Waals surface area contributed by atoms with Crippen molar-refractivity contribution in [2.75, 3.05) is 6.61 Å². The fourth-order valence-electron chi connectivity index (χ4n) is 2.02. The number of oxime groups is 1. The van der Waals surface area contributed by atoms with E-state index >= 15 is 0 Å². The number of carbonyl (C=O) groups is 1. The van der Waals surface area contributed by atoms with Gasteiger partial charge in [-0.1, -0.05) is 59.6 Å². The Balaban J connectivity index is 2.33. The summed E-state index contributed by atoms with van der Waals surface area (Å²) in [5, 5.41) is 3.60. The maximum absolute atomic E-state index is 12.3. The summed E-state index contributed by atoms with van der Waals surface area (Å²) in [6.07, 6.45) is 0.634. The van der Waals surface area contributed by atoms with Crippen LogP contribution in [0.5, 0.6) is 0 Å². The second kappa shape index (κ2) is 8.62. The molecule has 0 aliphatic rings. The number of rotatable bonds is 7. The van der Waals surface area contributed by atoms with Crippen molar-refractivity contribution in [3.05, 3.63) is 65.2 Å². The zero-order valence-corrected chi connectivity index (χ0v) is 15.7. The maximum atomic E-state index is 12.3. The number of aryl methyl sites for hydroxylation is 2. The molecule has 0 amide bonds. The Hall–Kier alpha value is -2.67. The number of esters is 1. The van der Waals surface area contributed by atoms with Crippen molar-refractivity contribution >= 4 is 21.8 Å². The molecule has 0 saturated carbocycles. The molecular weight excluding hydrogens is 354 g/mol. The molecule has 138 valence electrons. The fourth-order valence-corrected chi connectivity index (χ4v) is 2.74. The van der Waals surface area contributed by atoms with Crippen LogP contribution in [0.3, 0.4) is 0 Å². The highest BCUT2D eigenvalue weighted by Crippen LogP contribution is 2.15. The van der Waals surface area contributed by atoms with E-state index in [1.54, 1.807) is 36.4 Å². The van der Waals surface area contributed by atoms with Crippen molar-refractivity contribution < 1.29 is 22.2 Å². The van der Waals surface area contributed by atoms with Crippen LogP contribution in [0.4, 0.5) is 0 Å². The van der Waals surface area contributed by atoms with Crippen molar-refractivity contribution in [3.8, 4) is 0 Å². The lowest BCUT2D eigenvalue weighted by molar-refractivity contribution is -0.135. The third kappa shape index (κ3) is 5.16. The van der Waals surface area contributed by atoms with Gasteiger partial charge in [0.2, 0.25) is 0 Å². The Morgan fingerprint density at radius 3 is 2.04 bits per heavy atom. The average Bonchev–Trinajstić information content (AvgIpc) is 2.62. The van der Waals surface area contributed by atoms with Crippen molar-refractivity contribution in [2.24, 2.45) is 5.16 Å². The number of nitrogens with zero attached hydrogens (tertiary/aromatic N) is 1. The summed E-state index contributed by atoms with van der Waals surface area (Å²) in [4.78, 5) is 12.2. The van der Waals surface area contributed by atoms with Gasteiger partial charge in [0, 0.05) is 5.56 Å². The molecule has 0 aliphatic carbocycles. The van der Waals surface area contributed by atoms with E-state index in [-0.39, 0.29) is 17.2 Å². The summed E-state index contributed by atoms with van der Waals surface area (Å²) < 4.78 is 34.4. The minimum Gasteiger partial charge on any atom is -0.461 e. The lowest BCUT2D eigenvalue weighted by atomic mass is 10.1. The Labute approximate surface area is 153 Å². The number of ether oxygens (including phenoxy) is 1. The molecule has 0 aromatic heterocycles. The molecule has 0 N–H and O–H groups in total. The third-order valence-corrected chi connectivity index (χ3v) is 4.61. The van der Waals surface area contributed by atoms with Crippen LogP contribution in [0.1, 0.15) is 30.0 Å². The van der Waals surface area contributed by atoms with Crippen LogP contribution in [-0.4, -0.2) is 26.7 Å². The van der Waals surface area contributed by atoms with Crippen molar-refractivity contribution in [1.82, 2.24) is 0 Å². The monoisotopic (exact) mass is 375 g/mol. The van der Waals surface area contributed by atoms with Crippen molar-refractivity contribution in [2.45, 2.75) is 32.1 Å². The van der Waals surface area contributed by atoms with Crippen LogP contribution in [-0.2, 0) is 23.9 Å². The molecule has 0 fully saturated rings. The predicted molar refractivity (Wildman–Crippen MR) is 98.4 cm³/mol. The van der Waals surface area contributed by atoms with Crippen LogP contribution < -0.4 is 0 Å². The first-order valence-electron chi connectivity index (χ1n) is 8.16. The van der Waals surface area contributed by atoms with Gasteiger partial charge in [0.1, 0.15) is 4.90 Å². The second-order valence-corrected chi connectivity index (χ2v) is 7.31. The Morgan fingerprint density at radius 1 is 0.962 bits per heavy atom. The molecular formula is C19H21NO5S. The molecule has 0 spiro atoms. The first kappa shape index (κ1) is 19.7. The summed E-state index contributed by atoms with van der Waals surface area (Å²) in [5.74, 6) is -0.741. The topological polar surface area (TPSA) is 82.0 Å². The van der Waals surface area contributed by atoms with Gasteiger partial charge >= 0.3 is 16.1 Å². The van der Waals surface area contributed by atoms with E-state index in [9.17, 15) is 13.2 Å². The molecule has 26 heavy (non-hydrogen) atoms. The second-order valence-electron chi connectivity index (χ2n) is 5.78. The number of hydrogen-bond acceptors (Lipinski definition) is 6. The molecule has 2 aromatic rings. The number of benzene rings is 2. The minimum atomic E-state index is -4.14. The lowest BCUT2D eigenvalue weighted by Crippen LogP contribution is -2.20. The molecule has 0 radical (unpaired) electrons. The maximum Gasteiger partial charge on any atom is 0.361 e. The van der Waals surface area contributed by atoms with Gasteiger partial charge in [-0.15, -0.1) is 0 Å². The van der Waals surface area contributed by atoms with E-state index < -0.39 is 16.1 Å². The zero-order valence-electron chi connectivity index (χ0n) is 14.9. The smallest absolute Gasteiger partial charge is 0.361 e. The van der Waals surface area contributed by atoms with Crippen LogP contribution >= 0.6 is 0 Å². The van der Waals surface area contributed by atoms with Gasteiger partial charge in [0.25, 0.3) is 0 Å². The minimum absolute atomic E-state index is 0.0444. The molecule has 6 nitrogen and oxygen atoms in total. The molecule has 7 heteroatoms. The number of hydrogen-bond donors (Lipinski definition) is 0. The molecule has 0 heterocycles. The SMILES string of the molecule is CCCOC(=O)C(=NOS(=O)(=O)c1ccc(C)cc1)c1ccc(C)cc1. The van der Waals surface area contributed by atoms with Crippen LogP contribution in [0.15, 0.2) is 58.6 Å². The van der Waals surface area contributed by atoms with E-state index in [0.29, 0.717) is 12.0 Å². The van der Waals surface area contributed by atoms with Gasteiger partial charge in [0.15, 0.2) is 5.71 Å². The van der Waals surface area contributed by atoms with Crippen LogP contribution in [0.2, 0.25) is 0 Å². The van der Waals surface area contributed by atoms with E-state index in [4.69, 9.17) is 9.02 Å². The fraction of sp³-hybridized carbons (Fsp3) is 0.263. The lowest BCUT2D eigenvalue weighted by Gasteiger charge is -2.08. The van der Waals surface area contributed by atoms with E-state index in [0.717, 1.165) is 11.1 Å². The molecule has 0 unspecified atom stereocenters. The van der Waals surface area contributed by atoms with Crippen molar-refractivity contribution in [3.63, 3.8) is 0 Å². The van der Waals surface area contributed by atoms with Gasteiger partial charge in [-0.3, -0.25) is 4.28 Å². The van der Waals surface area contributed by atoms with Gasteiger partial charge in [-0.2, -0.15) is 8.42 Å². The average molecular weight is 375 g/mol. The number of carbonyl (C=O) groups excluding carboxylic acids is 1. The molecule has 2 aromatic carbocycles. The van der Waals surface area contributed by atoms with E-state index in [1.807, 2.05) is 20.8 Å². The molecule has 0 atom stereocenters. The summed E-state index contributed by atoms with van der Waals surface area (Å²) in [7, 11) is -4.14. The highest BCUT2D eigenvalue weighted by Gasteiger charge is 2.21. The molecule has 0 bridgehead atoms. The summed E-state index contributed by atoms with van der Waals surface area (Å²) in [5.41, 5.74) is 2.11. The van der Waals surface area contributed by atoms with Gasteiger partial charge in [0.05, 0.1) is 6.61 Å². The Morgan fingerprint density at radius 2 is 1.50 bits per heavy atom. The molecule has 0 saturated heterocycles. The summed E-state index contributed by atoms with van der Waals surface area (Å²) in [6.45, 7) is 5.80. The normalized spacial score (nSPS) is 11.9. The van der Waals surface area contributed by atoms with Crippen LogP contribution in [0.25, 0.3) is 0 Å². The molecule has 0 aliphatic heterocycles. The van der Waals surface area contributed by atoms with Crippen molar-refractivity contribution in [1.29, 1.82) is 0 Å². The zero-order chi connectivity index (χ0) is 19.2. The first-order chi connectivity index (χ1) is 12.3. The predicted octanol–water partition coefficient (Wildman–Crippen LogP) is 3.37. The summed E-state index contributed by atoms with van der Waals surface area (Å²) in [6, 6.07) is 13.0. The van der Waals surface area contributed by atoms with Gasteiger partial charge < -0.3 is 4.74 Å². The van der Waals surface area contributed by atoms with Gasteiger partial charge in [-0.25, -0.2) is 4.79 Å². The standard InChI is InChI=1S/C19H21NO5S/c1-4-13-24-19(21)18(16-9-5-14(2)6-10-16)20-25-26(22,23)17-11-7-15(3)8-12-17/h5-12H,4,13H2,1-3H3. The van der Waals surface area contributed by atoms with E-state index in [2.05, 4.69) is 5.16 Å². The van der Waals surface area contributed by atoms with E-state index in [1.165, 1.54) is 12.1 Å². The largest absolute Gasteiger partial charge is 0.461 e. The van der Waals surface area contributed by atoms with Gasteiger partial charge in [-0.05, 0) is 32.4 Å². The third-order valence-electron chi connectivity index (χ3n) is 3.49. The highest BCUT2D eigenvalue weighted by atomic mass is 32.2. The Bertz CT molecular complexity index is 885. The van der Waals surface area contributed by atoms with Crippen LogP contribution in [0, 0.1) is 13.8 Å². The summed E-state index contributed by atoms with van der Waals surface area (Å²) >= 11 is 0. The first-order valence-corrected chi connectivity index (χ1v) is 9.57. The quantitative estimate of drug-likeness (QED) is 0.421. The highest BCUT2D eigenvalue weighted by molar-refractivity contribution is 7.86. The molecule has 2 rings (SSSR count). The Kier molecular flexibility index (Phi) is 6.52.